The predicted molar refractivity (Wildman–Crippen MR) is 113 cm³/mol. The normalized spacial score (nSPS) is 11.2. The van der Waals surface area contributed by atoms with E-state index in [4.69, 9.17) is 27.9 Å². The second-order valence-corrected chi connectivity index (χ2v) is 9.11. The zero-order valence-electron chi connectivity index (χ0n) is 15.8. The Morgan fingerprint density at radius 1 is 1.07 bits per heavy atom. The van der Waals surface area contributed by atoms with E-state index in [1.807, 2.05) is 32.0 Å². The van der Waals surface area contributed by atoms with Gasteiger partial charge in [-0.1, -0.05) is 29.3 Å². The fourth-order valence-corrected chi connectivity index (χ4v) is 3.74. The molecule has 2 aromatic rings. The molecule has 0 saturated heterocycles. The number of amides is 1. The highest BCUT2D eigenvalue weighted by Crippen LogP contribution is 2.28. The molecule has 0 aliphatic heterocycles. The monoisotopic (exact) mass is 444 g/mol. The maximum Gasteiger partial charge on any atom is 0.240 e. The molecule has 2 aromatic carbocycles. The second-order valence-electron chi connectivity index (χ2n) is 6.39. The fraction of sp³-hybridized carbons (Fsp3) is 0.316. The number of hydrogen-bond donors (Lipinski definition) is 1. The maximum atomic E-state index is 12.2. The van der Waals surface area contributed by atoms with E-state index in [0.717, 1.165) is 27.4 Å². The Hall–Kier alpha value is -1.96. The first-order chi connectivity index (χ1) is 13.1. The van der Waals surface area contributed by atoms with Crippen LogP contribution in [0.3, 0.4) is 0 Å². The quantitative estimate of drug-likeness (QED) is 0.631. The molecule has 0 atom stereocenters. The molecule has 0 saturated carbocycles. The number of sulfonamides is 1. The number of benzene rings is 2. The summed E-state index contributed by atoms with van der Waals surface area (Å²) in [4.78, 5) is 12.2. The Bertz CT molecular complexity index is 944. The minimum absolute atomic E-state index is 0.204. The van der Waals surface area contributed by atoms with Gasteiger partial charge in [0.2, 0.25) is 15.9 Å². The first kappa shape index (κ1) is 22.3. The molecule has 6 nitrogen and oxygen atoms in total. The second kappa shape index (κ2) is 9.49. The summed E-state index contributed by atoms with van der Waals surface area (Å²) in [6.07, 6.45) is 1.02. The highest BCUT2D eigenvalue weighted by Gasteiger charge is 2.21. The summed E-state index contributed by atoms with van der Waals surface area (Å²) in [5, 5.41) is 3.15. The number of nitrogens with zero attached hydrogens (tertiary/aromatic N) is 1. The van der Waals surface area contributed by atoms with Gasteiger partial charge in [0, 0.05) is 0 Å². The van der Waals surface area contributed by atoms with E-state index in [-0.39, 0.29) is 30.4 Å². The predicted octanol–water partition coefficient (Wildman–Crippen LogP) is 3.57. The molecular weight excluding hydrogens is 423 g/mol. The zero-order valence-corrected chi connectivity index (χ0v) is 18.2. The third-order valence-electron chi connectivity index (χ3n) is 3.77. The average Bonchev–Trinajstić information content (AvgIpc) is 2.57. The summed E-state index contributed by atoms with van der Waals surface area (Å²) < 4.78 is 30.8. The molecule has 28 heavy (non-hydrogen) atoms. The molecule has 0 aliphatic rings. The van der Waals surface area contributed by atoms with Gasteiger partial charge >= 0.3 is 0 Å². The largest absolute Gasteiger partial charge is 0.492 e. The number of halogens is 2. The van der Waals surface area contributed by atoms with Crippen molar-refractivity contribution < 1.29 is 17.9 Å². The van der Waals surface area contributed by atoms with E-state index in [0.29, 0.717) is 5.02 Å². The van der Waals surface area contributed by atoms with Gasteiger partial charge in [-0.15, -0.1) is 0 Å². The molecule has 0 aliphatic carbocycles. The molecule has 1 amide bonds. The van der Waals surface area contributed by atoms with Crippen LogP contribution in [0.4, 0.5) is 5.69 Å². The molecule has 152 valence electrons. The standard InChI is InChI=1S/C19H22Cl2N2O4S/c1-13-8-14(2)10-16(9-13)27-7-6-22-19(24)12-23(28(3,25)26)15-4-5-17(20)18(21)11-15/h4-5,8-11H,6-7,12H2,1-3H3,(H,22,24). The van der Waals surface area contributed by atoms with Gasteiger partial charge in [-0.3, -0.25) is 9.10 Å². The average molecular weight is 445 g/mol. The minimum atomic E-state index is -3.69. The summed E-state index contributed by atoms with van der Waals surface area (Å²) in [6, 6.07) is 10.2. The Labute approximate surface area is 175 Å². The molecule has 0 unspecified atom stereocenters. The van der Waals surface area contributed by atoms with Gasteiger partial charge in [0.1, 0.15) is 18.9 Å². The molecule has 9 heteroatoms. The maximum absolute atomic E-state index is 12.2. The van der Waals surface area contributed by atoms with Crippen LogP contribution in [0.5, 0.6) is 5.75 Å². The number of carbonyl (C=O) groups is 1. The lowest BCUT2D eigenvalue weighted by atomic mass is 10.1. The topological polar surface area (TPSA) is 75.7 Å². The van der Waals surface area contributed by atoms with Crippen molar-refractivity contribution in [2.45, 2.75) is 13.8 Å². The first-order valence-corrected chi connectivity index (χ1v) is 11.1. The highest BCUT2D eigenvalue weighted by atomic mass is 35.5. The van der Waals surface area contributed by atoms with Crippen LogP contribution in [0, 0.1) is 13.8 Å². The molecule has 0 heterocycles. The number of nitrogens with one attached hydrogen (secondary N) is 1. The van der Waals surface area contributed by atoms with Gasteiger partial charge in [-0.05, 0) is 55.3 Å². The number of anilines is 1. The van der Waals surface area contributed by atoms with E-state index < -0.39 is 15.9 Å². The smallest absolute Gasteiger partial charge is 0.240 e. The molecule has 0 spiro atoms. The fourth-order valence-electron chi connectivity index (χ4n) is 2.60. The van der Waals surface area contributed by atoms with E-state index >= 15 is 0 Å². The van der Waals surface area contributed by atoms with Crippen molar-refractivity contribution >= 4 is 44.8 Å². The van der Waals surface area contributed by atoms with Crippen LogP contribution < -0.4 is 14.4 Å². The summed E-state index contributed by atoms with van der Waals surface area (Å²) in [5.41, 5.74) is 2.44. The molecule has 0 fully saturated rings. The molecular formula is C19H22Cl2N2O4S. The summed E-state index contributed by atoms with van der Waals surface area (Å²) in [7, 11) is -3.69. The third kappa shape index (κ3) is 6.58. The number of carbonyl (C=O) groups excluding carboxylic acids is 1. The summed E-state index contributed by atoms with van der Waals surface area (Å²) >= 11 is 11.8. The number of aryl methyl sites for hydroxylation is 2. The Morgan fingerprint density at radius 3 is 2.29 bits per heavy atom. The highest BCUT2D eigenvalue weighted by molar-refractivity contribution is 7.92. The molecule has 2 rings (SSSR count). The van der Waals surface area contributed by atoms with Gasteiger partial charge < -0.3 is 10.1 Å². The number of hydrogen-bond acceptors (Lipinski definition) is 4. The lowest BCUT2D eigenvalue weighted by Crippen LogP contribution is -2.41. The van der Waals surface area contributed by atoms with Crippen molar-refractivity contribution in [3.63, 3.8) is 0 Å². The van der Waals surface area contributed by atoms with Crippen molar-refractivity contribution in [1.29, 1.82) is 0 Å². The molecule has 0 aromatic heterocycles. The van der Waals surface area contributed by atoms with Crippen LogP contribution in [-0.4, -0.2) is 40.3 Å². The lowest BCUT2D eigenvalue weighted by molar-refractivity contribution is -0.119. The van der Waals surface area contributed by atoms with Gasteiger partial charge in [0.15, 0.2) is 0 Å². The van der Waals surface area contributed by atoms with Crippen LogP contribution in [0.2, 0.25) is 10.0 Å². The molecule has 0 radical (unpaired) electrons. The van der Waals surface area contributed by atoms with Crippen molar-refractivity contribution in [3.05, 3.63) is 57.6 Å². The minimum Gasteiger partial charge on any atom is -0.492 e. The van der Waals surface area contributed by atoms with Crippen molar-refractivity contribution in [2.75, 3.05) is 30.3 Å². The Kier molecular flexibility index (Phi) is 7.57. The van der Waals surface area contributed by atoms with Gasteiger partial charge in [0.05, 0.1) is 28.5 Å². The van der Waals surface area contributed by atoms with Crippen LogP contribution in [0.25, 0.3) is 0 Å². The van der Waals surface area contributed by atoms with Crippen molar-refractivity contribution in [2.24, 2.45) is 0 Å². The van der Waals surface area contributed by atoms with Crippen LogP contribution in [0.1, 0.15) is 11.1 Å². The lowest BCUT2D eigenvalue weighted by Gasteiger charge is -2.22. The van der Waals surface area contributed by atoms with Crippen LogP contribution >= 0.6 is 23.2 Å². The van der Waals surface area contributed by atoms with Crippen LogP contribution in [-0.2, 0) is 14.8 Å². The van der Waals surface area contributed by atoms with Crippen LogP contribution in [0.15, 0.2) is 36.4 Å². The zero-order chi connectivity index (χ0) is 20.9. The molecule has 1 N–H and O–H groups in total. The van der Waals surface area contributed by atoms with Gasteiger partial charge in [-0.2, -0.15) is 0 Å². The van der Waals surface area contributed by atoms with E-state index in [1.165, 1.54) is 18.2 Å². The summed E-state index contributed by atoms with van der Waals surface area (Å²) in [5.74, 6) is 0.265. The summed E-state index contributed by atoms with van der Waals surface area (Å²) in [6.45, 7) is 4.08. The van der Waals surface area contributed by atoms with E-state index in [1.54, 1.807) is 0 Å². The Morgan fingerprint density at radius 2 is 1.71 bits per heavy atom. The van der Waals surface area contributed by atoms with E-state index in [2.05, 4.69) is 5.32 Å². The van der Waals surface area contributed by atoms with Crippen molar-refractivity contribution in [1.82, 2.24) is 5.32 Å². The number of ether oxygens (including phenoxy) is 1. The SMILES string of the molecule is Cc1cc(C)cc(OCCNC(=O)CN(c2ccc(Cl)c(Cl)c2)S(C)(=O)=O)c1. The number of rotatable bonds is 8. The van der Waals surface area contributed by atoms with Gasteiger partial charge in [-0.25, -0.2) is 8.42 Å². The first-order valence-electron chi connectivity index (χ1n) is 8.47. The Balaban J connectivity index is 1.94. The van der Waals surface area contributed by atoms with Gasteiger partial charge in [0.25, 0.3) is 0 Å². The van der Waals surface area contributed by atoms with Crippen molar-refractivity contribution in [3.8, 4) is 5.75 Å². The van der Waals surface area contributed by atoms with E-state index in [9.17, 15) is 13.2 Å². The third-order valence-corrected chi connectivity index (χ3v) is 5.65. The molecule has 0 bridgehead atoms.